The van der Waals surface area contributed by atoms with Crippen LogP contribution in [-0.4, -0.2) is 40.0 Å². The Morgan fingerprint density at radius 2 is 2.31 bits per heavy atom. The summed E-state index contributed by atoms with van der Waals surface area (Å²) in [6, 6.07) is 0.204. The summed E-state index contributed by atoms with van der Waals surface area (Å²) in [6.07, 6.45) is 3.52. The van der Waals surface area contributed by atoms with Crippen LogP contribution in [0.25, 0.3) is 0 Å². The summed E-state index contributed by atoms with van der Waals surface area (Å²) in [7, 11) is 0. The van der Waals surface area contributed by atoms with E-state index < -0.39 is 0 Å². The van der Waals surface area contributed by atoms with Crippen LogP contribution >= 0.6 is 22.9 Å². The number of rotatable bonds is 5. The van der Waals surface area contributed by atoms with Crippen LogP contribution in [0.4, 0.5) is 0 Å². The molecule has 0 bridgehead atoms. The molecule has 1 aliphatic rings. The Morgan fingerprint density at radius 3 is 2.81 bits per heavy atom. The maximum absolute atomic E-state index is 11.8. The van der Waals surface area contributed by atoms with Gasteiger partial charge in [0.15, 0.2) is 5.01 Å². The van der Waals surface area contributed by atoms with Gasteiger partial charge < -0.3 is 4.90 Å². The van der Waals surface area contributed by atoms with E-state index in [1.165, 1.54) is 11.3 Å². The van der Waals surface area contributed by atoms with Gasteiger partial charge in [0, 0.05) is 17.6 Å². The lowest BCUT2D eigenvalue weighted by molar-refractivity contribution is -0.128. The number of hydrogen-bond donors (Lipinski definition) is 0. The zero-order valence-electron chi connectivity index (χ0n) is 8.56. The number of Topliss-reactive ketones (excluding diaryl/α,β-unsaturated/α-hetero) is 1. The van der Waals surface area contributed by atoms with Crippen LogP contribution in [0.1, 0.15) is 22.6 Å². The van der Waals surface area contributed by atoms with E-state index in [-0.39, 0.29) is 30.2 Å². The highest BCUT2D eigenvalue weighted by molar-refractivity contribution is 7.11. The van der Waals surface area contributed by atoms with Crippen LogP contribution in [-0.2, 0) is 4.79 Å². The highest BCUT2D eigenvalue weighted by Crippen LogP contribution is 2.27. The Kier molecular flexibility index (Phi) is 3.56. The standard InChI is InChI=1S/C10H11ClN2O2S/c11-5-9(15)13(7-1-2-7)6-8(14)10-12-3-4-16-10/h3-4,7H,1-2,5-6H2. The Labute approximate surface area is 102 Å². The van der Waals surface area contributed by atoms with Crippen molar-refractivity contribution in [1.82, 2.24) is 9.88 Å². The van der Waals surface area contributed by atoms with Gasteiger partial charge in [-0.25, -0.2) is 4.98 Å². The molecular weight excluding hydrogens is 248 g/mol. The first kappa shape index (κ1) is 11.5. The van der Waals surface area contributed by atoms with Crippen LogP contribution in [0.5, 0.6) is 0 Å². The Bertz CT molecular complexity index is 390. The largest absolute Gasteiger partial charge is 0.331 e. The smallest absolute Gasteiger partial charge is 0.238 e. The van der Waals surface area contributed by atoms with E-state index in [4.69, 9.17) is 11.6 Å². The van der Waals surface area contributed by atoms with Gasteiger partial charge in [0.25, 0.3) is 0 Å². The van der Waals surface area contributed by atoms with Crippen LogP contribution < -0.4 is 0 Å². The quantitative estimate of drug-likeness (QED) is 0.595. The van der Waals surface area contributed by atoms with Crippen LogP contribution in [0.15, 0.2) is 11.6 Å². The number of hydrogen-bond acceptors (Lipinski definition) is 4. The molecule has 1 saturated carbocycles. The number of alkyl halides is 1. The van der Waals surface area contributed by atoms with Crippen molar-refractivity contribution in [2.45, 2.75) is 18.9 Å². The van der Waals surface area contributed by atoms with Crippen molar-refractivity contribution in [2.24, 2.45) is 0 Å². The summed E-state index contributed by atoms with van der Waals surface area (Å²) < 4.78 is 0. The fraction of sp³-hybridized carbons (Fsp3) is 0.500. The van der Waals surface area contributed by atoms with Gasteiger partial charge >= 0.3 is 0 Å². The summed E-state index contributed by atoms with van der Waals surface area (Å²) in [6.45, 7) is 0.101. The minimum absolute atomic E-state index is 0.0678. The van der Waals surface area contributed by atoms with Crippen molar-refractivity contribution in [3.05, 3.63) is 16.6 Å². The average Bonchev–Trinajstić information content (AvgIpc) is 2.98. The molecule has 1 aromatic heterocycles. The topological polar surface area (TPSA) is 50.3 Å². The molecule has 1 amide bonds. The first-order chi connectivity index (χ1) is 7.72. The number of carbonyl (C=O) groups is 2. The minimum atomic E-state index is -0.172. The number of nitrogens with zero attached hydrogens (tertiary/aromatic N) is 2. The molecule has 1 heterocycles. The SMILES string of the molecule is O=C(CN(C(=O)CCl)C1CC1)c1nccs1. The van der Waals surface area contributed by atoms with Gasteiger partial charge in [-0.05, 0) is 12.8 Å². The number of halogens is 1. The van der Waals surface area contributed by atoms with E-state index in [1.54, 1.807) is 16.5 Å². The summed E-state index contributed by atoms with van der Waals surface area (Å²) in [5.74, 6) is -0.351. The zero-order valence-corrected chi connectivity index (χ0v) is 10.1. The monoisotopic (exact) mass is 258 g/mol. The Hall–Kier alpha value is -0.940. The highest BCUT2D eigenvalue weighted by atomic mass is 35.5. The maximum atomic E-state index is 11.8. The molecule has 4 nitrogen and oxygen atoms in total. The third-order valence-electron chi connectivity index (χ3n) is 2.41. The van der Waals surface area contributed by atoms with E-state index in [2.05, 4.69) is 4.98 Å². The minimum Gasteiger partial charge on any atom is -0.331 e. The summed E-state index contributed by atoms with van der Waals surface area (Å²) in [5, 5.41) is 2.20. The molecular formula is C10H11ClN2O2S. The molecule has 0 atom stereocenters. The van der Waals surface area contributed by atoms with E-state index in [0.717, 1.165) is 12.8 Å². The van der Waals surface area contributed by atoms with Gasteiger partial charge in [0.2, 0.25) is 11.7 Å². The highest BCUT2D eigenvalue weighted by Gasteiger charge is 2.33. The van der Waals surface area contributed by atoms with Crippen LogP contribution in [0.2, 0.25) is 0 Å². The molecule has 86 valence electrons. The number of carbonyl (C=O) groups excluding carboxylic acids is 2. The van der Waals surface area contributed by atoms with Gasteiger partial charge in [-0.2, -0.15) is 0 Å². The lowest BCUT2D eigenvalue weighted by Crippen LogP contribution is -2.38. The molecule has 1 fully saturated rings. The average molecular weight is 259 g/mol. The second-order valence-electron chi connectivity index (χ2n) is 3.65. The van der Waals surface area contributed by atoms with Crippen molar-refractivity contribution >= 4 is 34.6 Å². The molecule has 0 N–H and O–H groups in total. The molecule has 0 aliphatic heterocycles. The third kappa shape index (κ3) is 2.59. The van der Waals surface area contributed by atoms with Gasteiger partial charge in [-0.15, -0.1) is 22.9 Å². The van der Waals surface area contributed by atoms with E-state index in [9.17, 15) is 9.59 Å². The van der Waals surface area contributed by atoms with Gasteiger partial charge in [-0.3, -0.25) is 9.59 Å². The summed E-state index contributed by atoms with van der Waals surface area (Å²) in [5.41, 5.74) is 0. The van der Waals surface area contributed by atoms with Crippen molar-refractivity contribution in [3.8, 4) is 0 Å². The lowest BCUT2D eigenvalue weighted by Gasteiger charge is -2.19. The predicted molar refractivity (Wildman–Crippen MR) is 61.9 cm³/mol. The maximum Gasteiger partial charge on any atom is 0.238 e. The molecule has 0 spiro atoms. The van der Waals surface area contributed by atoms with Crippen molar-refractivity contribution < 1.29 is 9.59 Å². The lowest BCUT2D eigenvalue weighted by atomic mass is 10.3. The molecule has 0 radical (unpaired) electrons. The van der Waals surface area contributed by atoms with Crippen molar-refractivity contribution in [3.63, 3.8) is 0 Å². The molecule has 16 heavy (non-hydrogen) atoms. The van der Waals surface area contributed by atoms with E-state index >= 15 is 0 Å². The Balaban J connectivity index is 2.00. The molecule has 0 saturated heterocycles. The van der Waals surface area contributed by atoms with Gasteiger partial charge in [0.05, 0.1) is 6.54 Å². The van der Waals surface area contributed by atoms with Gasteiger partial charge in [-0.1, -0.05) is 0 Å². The van der Waals surface area contributed by atoms with Crippen LogP contribution in [0.3, 0.4) is 0 Å². The van der Waals surface area contributed by atoms with E-state index in [0.29, 0.717) is 5.01 Å². The molecule has 0 unspecified atom stereocenters. The second-order valence-corrected chi connectivity index (χ2v) is 4.81. The second kappa shape index (κ2) is 4.93. The van der Waals surface area contributed by atoms with Crippen molar-refractivity contribution in [1.29, 1.82) is 0 Å². The predicted octanol–water partition coefficient (Wildman–Crippen LogP) is 1.56. The first-order valence-electron chi connectivity index (χ1n) is 5.00. The Morgan fingerprint density at radius 1 is 1.56 bits per heavy atom. The molecule has 1 aromatic rings. The van der Waals surface area contributed by atoms with Crippen LogP contribution in [0, 0.1) is 0 Å². The molecule has 0 aromatic carbocycles. The number of ketones is 1. The number of aromatic nitrogens is 1. The zero-order chi connectivity index (χ0) is 11.5. The number of thiazole rings is 1. The fourth-order valence-corrected chi connectivity index (χ4v) is 2.19. The fourth-order valence-electron chi connectivity index (χ4n) is 1.47. The normalized spacial score (nSPS) is 14.8. The van der Waals surface area contributed by atoms with E-state index in [1.807, 2.05) is 0 Å². The number of amides is 1. The third-order valence-corrected chi connectivity index (χ3v) is 3.45. The summed E-state index contributed by atoms with van der Waals surface area (Å²) in [4.78, 5) is 28.8. The molecule has 2 rings (SSSR count). The summed E-state index contributed by atoms with van der Waals surface area (Å²) >= 11 is 6.80. The first-order valence-corrected chi connectivity index (χ1v) is 6.42. The molecule has 6 heteroatoms. The van der Waals surface area contributed by atoms with Gasteiger partial charge in [0.1, 0.15) is 5.88 Å². The van der Waals surface area contributed by atoms with Crippen molar-refractivity contribution in [2.75, 3.05) is 12.4 Å². The molecule has 1 aliphatic carbocycles.